The lowest BCUT2D eigenvalue weighted by Gasteiger charge is -2.12. The Balaban J connectivity index is 2.25. The molecule has 2 aromatic heterocycles. The van der Waals surface area contributed by atoms with Crippen LogP contribution in [-0.2, 0) is 6.54 Å². The number of carbonyl (C=O) groups is 1. The van der Waals surface area contributed by atoms with Crippen molar-refractivity contribution in [2.75, 3.05) is 0 Å². The molecule has 0 fully saturated rings. The van der Waals surface area contributed by atoms with Crippen molar-refractivity contribution in [2.24, 2.45) is 0 Å². The molecule has 1 aromatic carbocycles. The van der Waals surface area contributed by atoms with E-state index in [1.165, 1.54) is 33.8 Å². The fourth-order valence-electron chi connectivity index (χ4n) is 2.42. The molecule has 2 heterocycles. The van der Waals surface area contributed by atoms with Gasteiger partial charge in [-0.2, -0.15) is 5.10 Å². The lowest BCUT2D eigenvalue weighted by atomic mass is 10.2. The lowest BCUT2D eigenvalue weighted by Crippen LogP contribution is -2.26. The quantitative estimate of drug-likeness (QED) is 0.775. The summed E-state index contributed by atoms with van der Waals surface area (Å²) in [5, 5.41) is 13.2. The highest BCUT2D eigenvalue weighted by molar-refractivity contribution is 5.87. The van der Waals surface area contributed by atoms with Gasteiger partial charge in [0.25, 0.3) is 5.56 Å². The second-order valence-corrected chi connectivity index (χ2v) is 5.36. The maximum Gasteiger partial charge on any atom is 0.338 e. The highest BCUT2D eigenvalue weighted by atomic mass is 19.1. The molecule has 0 unspecified atom stereocenters. The van der Waals surface area contributed by atoms with Crippen LogP contribution >= 0.6 is 0 Å². The molecule has 8 heteroatoms. The van der Waals surface area contributed by atoms with Crippen molar-refractivity contribution >= 4 is 16.9 Å². The molecule has 0 atom stereocenters. The van der Waals surface area contributed by atoms with Gasteiger partial charge in [-0.3, -0.25) is 9.36 Å². The van der Waals surface area contributed by atoms with Crippen LogP contribution in [0.15, 0.2) is 35.4 Å². The summed E-state index contributed by atoms with van der Waals surface area (Å²) < 4.78 is 16.1. The number of aromatic carboxylic acids is 1. The monoisotopic (exact) mass is 330 g/mol. The molecule has 0 saturated carbocycles. The molecule has 0 bridgehead atoms. The number of carboxylic acid groups (broad SMARTS) is 1. The van der Waals surface area contributed by atoms with Crippen LogP contribution in [0.3, 0.4) is 0 Å². The largest absolute Gasteiger partial charge is 0.478 e. The fourth-order valence-corrected chi connectivity index (χ4v) is 2.42. The second kappa shape index (κ2) is 6.23. The Morgan fingerprint density at radius 1 is 1.38 bits per heavy atom. The van der Waals surface area contributed by atoms with E-state index in [0.29, 0.717) is 12.1 Å². The molecule has 3 aromatic rings. The Bertz CT molecular complexity index is 977. The Morgan fingerprint density at radius 3 is 2.83 bits per heavy atom. The molecule has 7 nitrogen and oxygen atoms in total. The smallest absolute Gasteiger partial charge is 0.338 e. The molecule has 0 saturated heterocycles. The van der Waals surface area contributed by atoms with Gasteiger partial charge in [0.1, 0.15) is 5.82 Å². The number of benzene rings is 1. The van der Waals surface area contributed by atoms with Crippen LogP contribution in [0.25, 0.3) is 16.9 Å². The highest BCUT2D eigenvalue weighted by Gasteiger charge is 2.15. The fraction of sp³-hybridized carbons (Fsp3) is 0.250. The summed E-state index contributed by atoms with van der Waals surface area (Å²) in [4.78, 5) is 28.1. The number of rotatable bonds is 5. The minimum absolute atomic E-state index is 0.00880. The normalized spacial score (nSPS) is 11.1. The number of fused-ring (bicyclic) bond motifs is 1. The van der Waals surface area contributed by atoms with Crippen molar-refractivity contribution in [1.29, 1.82) is 0 Å². The lowest BCUT2D eigenvalue weighted by molar-refractivity contribution is 0.0697. The summed E-state index contributed by atoms with van der Waals surface area (Å²) in [5.41, 5.74) is -0.0580. The number of unbranched alkanes of at least 4 members (excludes halogenated alkanes) is 1. The van der Waals surface area contributed by atoms with E-state index < -0.39 is 11.8 Å². The summed E-state index contributed by atoms with van der Waals surface area (Å²) in [6, 6.07) is 3.80. The highest BCUT2D eigenvalue weighted by Crippen LogP contribution is 2.14. The molecule has 0 amide bonds. The van der Waals surface area contributed by atoms with E-state index in [9.17, 15) is 14.0 Å². The van der Waals surface area contributed by atoms with E-state index in [2.05, 4.69) is 10.1 Å². The molecular formula is C16H15FN4O3. The van der Waals surface area contributed by atoms with E-state index in [1.54, 1.807) is 0 Å². The summed E-state index contributed by atoms with van der Waals surface area (Å²) >= 11 is 0. The number of hydrogen-bond donors (Lipinski definition) is 1. The summed E-state index contributed by atoms with van der Waals surface area (Å²) in [6.07, 6.45) is 4.06. The van der Waals surface area contributed by atoms with E-state index in [-0.39, 0.29) is 22.5 Å². The Morgan fingerprint density at radius 2 is 2.17 bits per heavy atom. The predicted molar refractivity (Wildman–Crippen MR) is 85.0 cm³/mol. The van der Waals surface area contributed by atoms with Gasteiger partial charge in [0.05, 0.1) is 22.7 Å². The topological polar surface area (TPSA) is 90.0 Å². The SMILES string of the molecule is CCCCn1c(-n2cc(C(=O)O)cn2)nc2ccc(F)cc2c1=O. The molecule has 3 rings (SSSR count). The van der Waals surface area contributed by atoms with Crippen LogP contribution in [0.4, 0.5) is 4.39 Å². The van der Waals surface area contributed by atoms with Gasteiger partial charge in [-0.05, 0) is 24.6 Å². The first kappa shape index (κ1) is 15.9. The van der Waals surface area contributed by atoms with Gasteiger partial charge < -0.3 is 5.11 Å². The number of hydrogen-bond acceptors (Lipinski definition) is 4. The molecule has 124 valence electrons. The molecule has 0 aliphatic heterocycles. The van der Waals surface area contributed by atoms with Gasteiger partial charge in [0.2, 0.25) is 5.95 Å². The molecule has 0 radical (unpaired) electrons. The van der Waals surface area contributed by atoms with Gasteiger partial charge in [-0.1, -0.05) is 13.3 Å². The van der Waals surface area contributed by atoms with Crippen molar-refractivity contribution in [3.63, 3.8) is 0 Å². The Hall–Kier alpha value is -3.03. The second-order valence-electron chi connectivity index (χ2n) is 5.36. The van der Waals surface area contributed by atoms with Crippen LogP contribution < -0.4 is 5.56 Å². The van der Waals surface area contributed by atoms with Crippen LogP contribution in [-0.4, -0.2) is 30.4 Å². The van der Waals surface area contributed by atoms with Gasteiger partial charge in [0.15, 0.2) is 0 Å². The van der Waals surface area contributed by atoms with E-state index in [1.807, 2.05) is 6.92 Å². The molecule has 1 N–H and O–H groups in total. The Labute approximate surface area is 136 Å². The molecule has 0 spiro atoms. The average Bonchev–Trinajstić information content (AvgIpc) is 3.04. The third-order valence-electron chi connectivity index (χ3n) is 3.67. The van der Waals surface area contributed by atoms with Crippen LogP contribution in [0.1, 0.15) is 30.1 Å². The van der Waals surface area contributed by atoms with Gasteiger partial charge in [-0.15, -0.1) is 0 Å². The van der Waals surface area contributed by atoms with Crippen LogP contribution in [0.2, 0.25) is 0 Å². The maximum atomic E-state index is 13.5. The van der Waals surface area contributed by atoms with Gasteiger partial charge >= 0.3 is 5.97 Å². The third kappa shape index (κ3) is 2.78. The summed E-state index contributed by atoms with van der Waals surface area (Å²) in [7, 11) is 0. The van der Waals surface area contributed by atoms with Gasteiger partial charge in [-0.25, -0.2) is 18.9 Å². The Kier molecular flexibility index (Phi) is 4.11. The minimum Gasteiger partial charge on any atom is -0.478 e. The zero-order valence-electron chi connectivity index (χ0n) is 12.9. The average molecular weight is 330 g/mol. The maximum absolute atomic E-state index is 13.5. The standard InChI is InChI=1S/C16H15FN4O3/c1-2-3-6-20-14(22)12-7-11(17)4-5-13(12)19-16(20)21-9-10(8-18-21)15(23)24/h4-5,7-9H,2-3,6H2,1H3,(H,23,24). The number of carboxylic acids is 1. The van der Waals surface area contributed by atoms with Crippen molar-refractivity contribution in [1.82, 2.24) is 19.3 Å². The zero-order chi connectivity index (χ0) is 17.3. The zero-order valence-corrected chi connectivity index (χ0v) is 12.9. The van der Waals surface area contributed by atoms with E-state index >= 15 is 0 Å². The van der Waals surface area contributed by atoms with Crippen LogP contribution in [0.5, 0.6) is 0 Å². The molecule has 24 heavy (non-hydrogen) atoms. The number of nitrogens with zero attached hydrogens (tertiary/aromatic N) is 4. The predicted octanol–water partition coefficient (Wildman–Crippen LogP) is 2.22. The third-order valence-corrected chi connectivity index (χ3v) is 3.67. The van der Waals surface area contributed by atoms with Gasteiger partial charge in [0, 0.05) is 12.7 Å². The van der Waals surface area contributed by atoms with Crippen LogP contribution in [0, 0.1) is 5.82 Å². The van der Waals surface area contributed by atoms with Crippen molar-refractivity contribution < 1.29 is 14.3 Å². The number of aromatic nitrogens is 4. The first-order valence-corrected chi connectivity index (χ1v) is 7.49. The molecular weight excluding hydrogens is 315 g/mol. The van der Waals surface area contributed by atoms with Crippen molar-refractivity contribution in [3.05, 3.63) is 52.3 Å². The number of halogens is 1. The minimum atomic E-state index is -1.12. The first-order chi connectivity index (χ1) is 11.5. The summed E-state index contributed by atoms with van der Waals surface area (Å²) in [6.45, 7) is 2.36. The van der Waals surface area contributed by atoms with E-state index in [4.69, 9.17) is 5.11 Å². The molecule has 0 aliphatic carbocycles. The first-order valence-electron chi connectivity index (χ1n) is 7.49. The summed E-state index contributed by atoms with van der Waals surface area (Å²) in [5.74, 6) is -1.42. The molecule has 0 aliphatic rings. The van der Waals surface area contributed by atoms with Crippen molar-refractivity contribution in [2.45, 2.75) is 26.3 Å². The van der Waals surface area contributed by atoms with Crippen molar-refractivity contribution in [3.8, 4) is 5.95 Å². The van der Waals surface area contributed by atoms with E-state index in [0.717, 1.165) is 18.9 Å².